The molecular formula is C22H26N2O4S. The van der Waals surface area contributed by atoms with Crippen LogP contribution < -0.4 is 0 Å². The topological polar surface area (TPSA) is 74.3 Å². The van der Waals surface area contributed by atoms with Gasteiger partial charge in [0.1, 0.15) is 5.52 Å². The van der Waals surface area contributed by atoms with Gasteiger partial charge >= 0.3 is 5.97 Å². The molecule has 0 saturated carbocycles. The average Bonchev–Trinajstić information content (AvgIpc) is 3.26. The van der Waals surface area contributed by atoms with Gasteiger partial charge in [-0.05, 0) is 44.9 Å². The third-order valence-electron chi connectivity index (χ3n) is 4.97. The van der Waals surface area contributed by atoms with E-state index in [0.29, 0.717) is 11.6 Å². The molecule has 0 aliphatic carbocycles. The number of esters is 1. The van der Waals surface area contributed by atoms with Crippen LogP contribution in [0.1, 0.15) is 47.4 Å². The molecule has 154 valence electrons. The van der Waals surface area contributed by atoms with Gasteiger partial charge in [0.25, 0.3) is 5.22 Å². The Morgan fingerprint density at radius 3 is 2.72 bits per heavy atom. The van der Waals surface area contributed by atoms with Crippen LogP contribution in [0, 0.1) is 13.8 Å². The number of para-hydroxylation sites is 2. The Kier molecular flexibility index (Phi) is 7.14. The van der Waals surface area contributed by atoms with Crippen LogP contribution in [0.2, 0.25) is 0 Å². The van der Waals surface area contributed by atoms with Crippen molar-refractivity contribution in [3.63, 3.8) is 0 Å². The average molecular weight is 415 g/mol. The molecule has 2 aromatic heterocycles. The van der Waals surface area contributed by atoms with Crippen LogP contribution in [-0.2, 0) is 16.1 Å². The fourth-order valence-electron chi connectivity index (χ4n) is 3.36. The summed E-state index contributed by atoms with van der Waals surface area (Å²) in [5.74, 6) is 0.195. The van der Waals surface area contributed by atoms with Crippen molar-refractivity contribution in [3.8, 4) is 0 Å². The van der Waals surface area contributed by atoms with Gasteiger partial charge in [0.15, 0.2) is 11.4 Å². The second-order valence-corrected chi connectivity index (χ2v) is 7.91. The van der Waals surface area contributed by atoms with Gasteiger partial charge in [0, 0.05) is 29.9 Å². The number of unbranched alkanes of at least 4 members (excludes halogenated alkanes) is 2. The minimum absolute atomic E-state index is 0.0716. The van der Waals surface area contributed by atoms with Crippen LogP contribution in [-0.4, -0.2) is 34.2 Å². The van der Waals surface area contributed by atoms with Crippen molar-refractivity contribution in [1.82, 2.24) is 9.55 Å². The van der Waals surface area contributed by atoms with E-state index in [-0.39, 0.29) is 17.5 Å². The van der Waals surface area contributed by atoms with E-state index < -0.39 is 0 Å². The third-order valence-corrected chi connectivity index (χ3v) is 5.79. The van der Waals surface area contributed by atoms with E-state index in [2.05, 4.69) is 14.3 Å². The van der Waals surface area contributed by atoms with Crippen molar-refractivity contribution in [2.45, 2.75) is 51.3 Å². The van der Waals surface area contributed by atoms with Gasteiger partial charge in [-0.1, -0.05) is 30.3 Å². The first-order valence-electron chi connectivity index (χ1n) is 9.74. The molecule has 29 heavy (non-hydrogen) atoms. The minimum Gasteiger partial charge on any atom is -0.469 e. The van der Waals surface area contributed by atoms with Gasteiger partial charge in [-0.25, -0.2) is 4.98 Å². The molecule has 0 aliphatic heterocycles. The summed E-state index contributed by atoms with van der Waals surface area (Å²) in [6.07, 6.45) is 3.18. The maximum Gasteiger partial charge on any atom is 0.305 e. The molecule has 0 spiro atoms. The van der Waals surface area contributed by atoms with Crippen LogP contribution in [0.25, 0.3) is 11.1 Å². The van der Waals surface area contributed by atoms with Crippen LogP contribution >= 0.6 is 11.8 Å². The molecule has 1 aromatic carbocycles. The zero-order valence-corrected chi connectivity index (χ0v) is 17.9. The Balaban J connectivity index is 1.55. The molecule has 0 bridgehead atoms. The Morgan fingerprint density at radius 1 is 1.17 bits per heavy atom. The number of carbonyl (C=O) groups is 2. The Morgan fingerprint density at radius 2 is 1.97 bits per heavy atom. The van der Waals surface area contributed by atoms with Crippen LogP contribution in [0.5, 0.6) is 0 Å². The number of ether oxygens (including phenoxy) is 1. The lowest BCUT2D eigenvalue weighted by Crippen LogP contribution is -2.07. The van der Waals surface area contributed by atoms with Crippen molar-refractivity contribution in [1.29, 1.82) is 0 Å². The van der Waals surface area contributed by atoms with Crippen molar-refractivity contribution < 1.29 is 18.7 Å². The number of carbonyl (C=O) groups excluding carboxylic acids is 2. The summed E-state index contributed by atoms with van der Waals surface area (Å²) in [5, 5.41) is 0.513. The first-order valence-corrected chi connectivity index (χ1v) is 10.7. The molecule has 0 radical (unpaired) electrons. The second kappa shape index (κ2) is 9.78. The number of nitrogens with zero attached hydrogens (tertiary/aromatic N) is 2. The first-order chi connectivity index (χ1) is 14.0. The number of hydrogen-bond acceptors (Lipinski definition) is 6. The zero-order chi connectivity index (χ0) is 20.8. The molecule has 0 saturated heterocycles. The summed E-state index contributed by atoms with van der Waals surface area (Å²) in [6.45, 7) is 4.84. The Labute approximate surface area is 174 Å². The van der Waals surface area contributed by atoms with Gasteiger partial charge < -0.3 is 13.7 Å². The summed E-state index contributed by atoms with van der Waals surface area (Å²) in [7, 11) is 1.41. The summed E-state index contributed by atoms with van der Waals surface area (Å²) in [6, 6.07) is 9.53. The number of aryl methyl sites for hydroxylation is 1. The zero-order valence-electron chi connectivity index (χ0n) is 17.1. The number of thioether (sulfide) groups is 1. The molecule has 0 N–H and O–H groups in total. The van der Waals surface area contributed by atoms with E-state index in [1.807, 2.05) is 44.2 Å². The van der Waals surface area contributed by atoms with E-state index >= 15 is 0 Å². The van der Waals surface area contributed by atoms with Crippen molar-refractivity contribution in [2.24, 2.45) is 0 Å². The molecule has 3 rings (SSSR count). The fourth-order valence-corrected chi connectivity index (χ4v) is 4.09. The lowest BCUT2D eigenvalue weighted by Gasteiger charge is -2.09. The standard InChI is InChI=1S/C22H26N2O4S/c1-15-13-17(16(2)24(15)12-8-4-5-11-21(26)27-3)19(25)14-29-22-23-18-9-6-7-10-20(18)28-22/h6-7,9-10,13H,4-5,8,11-12,14H2,1-3H3. The van der Waals surface area contributed by atoms with Gasteiger partial charge in [0.05, 0.1) is 12.9 Å². The number of methoxy groups -OCH3 is 1. The highest BCUT2D eigenvalue weighted by molar-refractivity contribution is 7.99. The molecule has 7 heteroatoms. The number of rotatable bonds is 10. The summed E-state index contributed by atoms with van der Waals surface area (Å²) < 4.78 is 12.5. The summed E-state index contributed by atoms with van der Waals surface area (Å²) >= 11 is 1.32. The number of benzene rings is 1. The molecule has 6 nitrogen and oxygen atoms in total. The van der Waals surface area contributed by atoms with Gasteiger partial charge in [-0.2, -0.15) is 0 Å². The maximum absolute atomic E-state index is 12.7. The monoisotopic (exact) mass is 414 g/mol. The van der Waals surface area contributed by atoms with Crippen molar-refractivity contribution in [2.75, 3.05) is 12.9 Å². The van der Waals surface area contributed by atoms with Crippen LogP contribution in [0.4, 0.5) is 0 Å². The SMILES string of the molecule is COC(=O)CCCCCn1c(C)cc(C(=O)CSc2nc3ccccc3o2)c1C. The Bertz CT molecular complexity index is 973. The fraction of sp³-hybridized carbons (Fsp3) is 0.409. The van der Waals surface area contributed by atoms with Crippen LogP contribution in [0.15, 0.2) is 40.0 Å². The van der Waals surface area contributed by atoms with E-state index in [1.165, 1.54) is 18.9 Å². The predicted octanol–water partition coefficient (Wildman–Crippen LogP) is 4.95. The van der Waals surface area contributed by atoms with Gasteiger partial charge in [-0.15, -0.1) is 0 Å². The highest BCUT2D eigenvalue weighted by Crippen LogP contribution is 2.25. The highest BCUT2D eigenvalue weighted by atomic mass is 32.2. The lowest BCUT2D eigenvalue weighted by atomic mass is 10.2. The van der Waals surface area contributed by atoms with E-state index in [0.717, 1.165) is 53.9 Å². The number of oxazole rings is 1. The molecule has 2 heterocycles. The van der Waals surface area contributed by atoms with Crippen molar-refractivity contribution >= 4 is 34.6 Å². The quantitative estimate of drug-likeness (QED) is 0.202. The first kappa shape index (κ1) is 21.2. The molecule has 0 amide bonds. The highest BCUT2D eigenvalue weighted by Gasteiger charge is 2.17. The molecular weight excluding hydrogens is 388 g/mol. The second-order valence-electron chi connectivity index (χ2n) is 6.98. The Hall–Kier alpha value is -2.54. The minimum atomic E-state index is -0.164. The summed E-state index contributed by atoms with van der Waals surface area (Å²) in [5.41, 5.74) is 4.34. The van der Waals surface area contributed by atoms with Crippen molar-refractivity contribution in [3.05, 3.63) is 47.3 Å². The molecule has 3 aromatic rings. The van der Waals surface area contributed by atoms with Gasteiger partial charge in [0.2, 0.25) is 0 Å². The van der Waals surface area contributed by atoms with E-state index in [9.17, 15) is 9.59 Å². The maximum atomic E-state index is 12.7. The molecule has 0 unspecified atom stereocenters. The van der Waals surface area contributed by atoms with Gasteiger partial charge in [-0.3, -0.25) is 9.59 Å². The summed E-state index contributed by atoms with van der Waals surface area (Å²) in [4.78, 5) is 28.3. The molecule has 0 fully saturated rings. The smallest absolute Gasteiger partial charge is 0.305 e. The molecule has 0 atom stereocenters. The lowest BCUT2D eigenvalue weighted by molar-refractivity contribution is -0.140. The number of ketones is 1. The largest absolute Gasteiger partial charge is 0.469 e. The molecule has 0 aliphatic rings. The predicted molar refractivity (Wildman–Crippen MR) is 113 cm³/mol. The number of Topliss-reactive ketones (excluding diaryl/α,β-unsaturated/α-hetero) is 1. The third kappa shape index (κ3) is 5.29. The number of fused-ring (bicyclic) bond motifs is 1. The van der Waals surface area contributed by atoms with E-state index in [4.69, 9.17) is 4.42 Å². The normalized spacial score (nSPS) is 11.1. The van der Waals surface area contributed by atoms with E-state index in [1.54, 1.807) is 0 Å². The number of aromatic nitrogens is 2. The number of hydrogen-bond donors (Lipinski definition) is 0. The van der Waals surface area contributed by atoms with Crippen LogP contribution in [0.3, 0.4) is 0 Å².